The quantitative estimate of drug-likeness (QED) is 0.504. The van der Waals surface area contributed by atoms with Crippen LogP contribution in [0.25, 0.3) is 0 Å². The molecule has 1 aromatic rings. The first-order valence-electron chi connectivity index (χ1n) is 5.08. The first-order valence-corrected chi connectivity index (χ1v) is 7.05. The van der Waals surface area contributed by atoms with Gasteiger partial charge in [0.25, 0.3) is 10.1 Å². The third-order valence-electron chi connectivity index (χ3n) is 2.32. The average Bonchev–Trinajstić information content (AvgIpc) is 2.16. The highest BCUT2D eigenvalue weighted by molar-refractivity contribution is 7.85. The van der Waals surface area contributed by atoms with Gasteiger partial charge in [0.1, 0.15) is 0 Å². The van der Waals surface area contributed by atoms with Gasteiger partial charge >= 0.3 is 0 Å². The molecule has 0 aliphatic rings. The van der Waals surface area contributed by atoms with Gasteiger partial charge in [-0.1, -0.05) is 17.7 Å². The molecule has 0 aliphatic heterocycles. The van der Waals surface area contributed by atoms with Crippen molar-refractivity contribution in [2.45, 2.75) is 31.1 Å². The molecule has 16 heavy (non-hydrogen) atoms. The molecule has 1 rings (SSSR count). The molecule has 0 aromatic heterocycles. The molecule has 1 N–H and O–H groups in total. The topological polar surface area (TPSA) is 54.4 Å². The highest BCUT2D eigenvalue weighted by Crippen LogP contribution is 2.19. The fraction of sp³-hybridized carbons (Fsp3) is 0.455. The zero-order chi connectivity index (χ0) is 12.2. The Kier molecular flexibility index (Phi) is 4.77. The van der Waals surface area contributed by atoms with Crippen molar-refractivity contribution in [2.75, 3.05) is 5.88 Å². The smallest absolute Gasteiger partial charge is 0.282 e. The molecular formula is C11H15ClO3S. The van der Waals surface area contributed by atoms with Crippen LogP contribution in [0, 0.1) is 6.92 Å². The molecule has 0 heterocycles. The van der Waals surface area contributed by atoms with E-state index >= 15 is 0 Å². The van der Waals surface area contributed by atoms with E-state index in [0.717, 1.165) is 18.4 Å². The third-order valence-corrected chi connectivity index (χ3v) is 3.54. The van der Waals surface area contributed by atoms with E-state index in [1.54, 1.807) is 12.1 Å². The second-order valence-electron chi connectivity index (χ2n) is 3.73. The van der Waals surface area contributed by atoms with Gasteiger partial charge in [0, 0.05) is 5.88 Å². The number of hydrogen-bond acceptors (Lipinski definition) is 2. The largest absolute Gasteiger partial charge is 0.294 e. The van der Waals surface area contributed by atoms with Crippen molar-refractivity contribution in [1.82, 2.24) is 0 Å². The molecule has 5 heteroatoms. The van der Waals surface area contributed by atoms with E-state index in [4.69, 9.17) is 16.2 Å². The van der Waals surface area contributed by atoms with E-state index in [1.807, 2.05) is 6.92 Å². The van der Waals surface area contributed by atoms with Crippen molar-refractivity contribution in [3.63, 3.8) is 0 Å². The summed E-state index contributed by atoms with van der Waals surface area (Å²) in [6.45, 7) is 1.89. The summed E-state index contributed by atoms with van der Waals surface area (Å²) in [6.07, 6.45) is 2.26. The molecule has 0 unspecified atom stereocenters. The van der Waals surface area contributed by atoms with Gasteiger partial charge in [-0.15, -0.1) is 11.6 Å². The molecule has 90 valence electrons. The summed E-state index contributed by atoms with van der Waals surface area (Å²) in [4.78, 5) is 0.00710. The minimum absolute atomic E-state index is 0.00710. The Balaban J connectivity index is 3.00. The van der Waals surface area contributed by atoms with E-state index in [1.165, 1.54) is 6.07 Å². The highest BCUT2D eigenvalue weighted by atomic mass is 35.5. The van der Waals surface area contributed by atoms with Gasteiger partial charge in [-0.25, -0.2) is 0 Å². The Hall–Kier alpha value is -0.580. The molecule has 0 amide bonds. The van der Waals surface area contributed by atoms with Gasteiger partial charge in [-0.2, -0.15) is 8.42 Å². The molecule has 0 saturated heterocycles. The molecule has 0 atom stereocenters. The van der Waals surface area contributed by atoms with Crippen LogP contribution in [-0.4, -0.2) is 18.9 Å². The number of halogens is 1. The fourth-order valence-electron chi connectivity index (χ4n) is 1.57. The number of aryl methyl sites for hydroxylation is 2. The summed E-state index contributed by atoms with van der Waals surface area (Å²) in [5.74, 6) is 0.563. The van der Waals surface area contributed by atoms with Gasteiger partial charge in [0.2, 0.25) is 0 Å². The van der Waals surface area contributed by atoms with Crippen LogP contribution >= 0.6 is 11.6 Å². The van der Waals surface area contributed by atoms with Crippen LogP contribution in [0.4, 0.5) is 0 Å². The van der Waals surface area contributed by atoms with E-state index in [0.29, 0.717) is 17.9 Å². The predicted molar refractivity (Wildman–Crippen MR) is 64.7 cm³/mol. The van der Waals surface area contributed by atoms with Crippen LogP contribution < -0.4 is 0 Å². The first kappa shape index (κ1) is 13.5. The zero-order valence-corrected chi connectivity index (χ0v) is 10.7. The lowest BCUT2D eigenvalue weighted by Gasteiger charge is -2.07. The van der Waals surface area contributed by atoms with Crippen molar-refractivity contribution in [2.24, 2.45) is 0 Å². The fourth-order valence-corrected chi connectivity index (χ4v) is 2.49. The average molecular weight is 263 g/mol. The van der Waals surface area contributed by atoms with Crippen LogP contribution in [-0.2, 0) is 16.5 Å². The van der Waals surface area contributed by atoms with E-state index < -0.39 is 10.1 Å². The van der Waals surface area contributed by atoms with Crippen LogP contribution in [0.1, 0.15) is 24.0 Å². The number of alkyl halides is 1. The zero-order valence-electron chi connectivity index (χ0n) is 9.11. The lowest BCUT2D eigenvalue weighted by Crippen LogP contribution is -2.03. The standard InChI is InChI=1S/C11H15ClO3S/c1-9-5-6-11(16(13,14)15)10(8-9)4-2-3-7-12/h5-6,8H,2-4,7H2,1H3,(H,13,14,15). The van der Waals surface area contributed by atoms with Crippen LogP contribution in [0.5, 0.6) is 0 Å². The van der Waals surface area contributed by atoms with E-state index in [2.05, 4.69) is 0 Å². The summed E-state index contributed by atoms with van der Waals surface area (Å²) in [5, 5.41) is 0. The predicted octanol–water partition coefficient (Wildman–Crippen LogP) is 2.80. The Labute approximate surface area is 101 Å². The maximum absolute atomic E-state index is 11.1. The lowest BCUT2D eigenvalue weighted by molar-refractivity contribution is 0.482. The summed E-state index contributed by atoms with van der Waals surface area (Å²) in [7, 11) is -4.12. The summed E-state index contributed by atoms with van der Waals surface area (Å²) in [6, 6.07) is 4.91. The van der Waals surface area contributed by atoms with Crippen molar-refractivity contribution < 1.29 is 13.0 Å². The lowest BCUT2D eigenvalue weighted by atomic mass is 10.1. The molecule has 0 spiro atoms. The molecule has 0 aliphatic carbocycles. The molecule has 0 fully saturated rings. The van der Waals surface area contributed by atoms with Crippen molar-refractivity contribution in [1.29, 1.82) is 0 Å². The third kappa shape index (κ3) is 3.77. The van der Waals surface area contributed by atoms with E-state index in [9.17, 15) is 8.42 Å². The number of rotatable bonds is 5. The van der Waals surface area contributed by atoms with E-state index in [-0.39, 0.29) is 4.90 Å². The highest BCUT2D eigenvalue weighted by Gasteiger charge is 2.14. The maximum atomic E-state index is 11.1. The Bertz CT molecular complexity index is 454. The normalized spacial score (nSPS) is 11.7. The molecule has 1 aromatic carbocycles. The maximum Gasteiger partial charge on any atom is 0.294 e. The van der Waals surface area contributed by atoms with Gasteiger partial charge in [0.15, 0.2) is 0 Å². The minimum Gasteiger partial charge on any atom is -0.282 e. The molecule has 0 saturated carbocycles. The molecular weight excluding hydrogens is 248 g/mol. The Morgan fingerprint density at radius 2 is 2.00 bits per heavy atom. The minimum atomic E-state index is -4.12. The van der Waals surface area contributed by atoms with Gasteiger partial charge in [-0.05, 0) is 37.8 Å². The van der Waals surface area contributed by atoms with Gasteiger partial charge in [0.05, 0.1) is 4.90 Å². The van der Waals surface area contributed by atoms with Gasteiger partial charge in [-0.3, -0.25) is 4.55 Å². The summed E-state index contributed by atoms with van der Waals surface area (Å²) < 4.78 is 31.3. The Morgan fingerprint density at radius 3 is 2.56 bits per heavy atom. The van der Waals surface area contributed by atoms with Crippen LogP contribution in [0.15, 0.2) is 23.1 Å². The van der Waals surface area contributed by atoms with Crippen molar-refractivity contribution >= 4 is 21.7 Å². The first-order chi connectivity index (χ1) is 7.45. The SMILES string of the molecule is Cc1ccc(S(=O)(=O)O)c(CCCCCl)c1. The molecule has 0 radical (unpaired) electrons. The monoisotopic (exact) mass is 262 g/mol. The number of benzene rings is 1. The molecule has 3 nitrogen and oxygen atoms in total. The Morgan fingerprint density at radius 1 is 1.31 bits per heavy atom. The van der Waals surface area contributed by atoms with Crippen molar-refractivity contribution in [3.8, 4) is 0 Å². The van der Waals surface area contributed by atoms with Crippen LogP contribution in [0.3, 0.4) is 0 Å². The van der Waals surface area contributed by atoms with Crippen molar-refractivity contribution in [3.05, 3.63) is 29.3 Å². The summed E-state index contributed by atoms with van der Waals surface area (Å²) >= 11 is 5.56. The van der Waals surface area contributed by atoms with Crippen LogP contribution in [0.2, 0.25) is 0 Å². The van der Waals surface area contributed by atoms with Gasteiger partial charge < -0.3 is 0 Å². The second kappa shape index (κ2) is 5.66. The number of unbranched alkanes of at least 4 members (excludes halogenated alkanes) is 1. The number of hydrogen-bond donors (Lipinski definition) is 1. The molecule has 0 bridgehead atoms. The second-order valence-corrected chi connectivity index (χ2v) is 5.50. The summed E-state index contributed by atoms with van der Waals surface area (Å²) in [5.41, 5.74) is 1.64.